The second kappa shape index (κ2) is 7.67. The highest BCUT2D eigenvalue weighted by Gasteiger charge is 2.27. The normalized spacial score (nSPS) is 11.9. The lowest BCUT2D eigenvalue weighted by Gasteiger charge is -2.13. The number of anilines is 2. The molecular formula is C25H23N5O2S. The molecule has 0 unspecified atom stereocenters. The second-order valence-corrected chi connectivity index (χ2v) is 10.1. The number of sulfone groups is 1. The maximum Gasteiger partial charge on any atom is 0.229 e. The monoisotopic (exact) mass is 457 g/mol. The third-order valence-corrected chi connectivity index (χ3v) is 7.77. The van der Waals surface area contributed by atoms with Gasteiger partial charge in [0.15, 0.2) is 5.65 Å². The van der Waals surface area contributed by atoms with E-state index in [1.807, 2.05) is 70.2 Å². The highest BCUT2D eigenvalue weighted by molar-refractivity contribution is 7.91. The van der Waals surface area contributed by atoms with E-state index >= 15 is 0 Å². The van der Waals surface area contributed by atoms with Gasteiger partial charge in [-0.2, -0.15) is 4.52 Å². The molecule has 1 N–H and O–H groups in total. The first-order valence-corrected chi connectivity index (χ1v) is 12.1. The van der Waals surface area contributed by atoms with Crippen molar-refractivity contribution in [2.75, 3.05) is 5.32 Å². The maximum absolute atomic E-state index is 13.5. The Morgan fingerprint density at radius 3 is 2.42 bits per heavy atom. The van der Waals surface area contributed by atoms with Gasteiger partial charge in [-0.25, -0.2) is 13.4 Å². The van der Waals surface area contributed by atoms with E-state index in [0.29, 0.717) is 11.3 Å². The molecule has 0 aliphatic rings. The smallest absolute Gasteiger partial charge is 0.229 e. The molecule has 33 heavy (non-hydrogen) atoms. The van der Waals surface area contributed by atoms with Crippen LogP contribution in [0.5, 0.6) is 0 Å². The number of hydrogen-bond acceptors (Lipinski definition) is 6. The lowest BCUT2D eigenvalue weighted by atomic mass is 10.1. The Morgan fingerprint density at radius 2 is 1.64 bits per heavy atom. The molecule has 3 aromatic carbocycles. The number of para-hydroxylation sites is 1. The summed E-state index contributed by atoms with van der Waals surface area (Å²) in [4.78, 5) is 4.88. The molecule has 0 saturated heterocycles. The average Bonchev–Trinajstić information content (AvgIpc) is 3.24. The van der Waals surface area contributed by atoms with Gasteiger partial charge in [0.05, 0.1) is 10.4 Å². The van der Waals surface area contributed by atoms with Crippen LogP contribution in [0.15, 0.2) is 70.6 Å². The molecule has 0 saturated carbocycles. The summed E-state index contributed by atoms with van der Waals surface area (Å²) in [5.41, 5.74) is 5.95. The van der Waals surface area contributed by atoms with Crippen molar-refractivity contribution in [3.8, 4) is 0 Å². The summed E-state index contributed by atoms with van der Waals surface area (Å²) < 4.78 is 28.5. The Hall–Kier alpha value is -3.78. The topological polar surface area (TPSA) is 89.2 Å². The van der Waals surface area contributed by atoms with E-state index in [4.69, 9.17) is 4.98 Å². The first-order chi connectivity index (χ1) is 15.8. The van der Waals surface area contributed by atoms with Gasteiger partial charge in [-0.3, -0.25) is 0 Å². The van der Waals surface area contributed by atoms with Crippen LogP contribution in [-0.2, 0) is 9.84 Å². The SMILES string of the molecule is Cc1ccc(S(=O)(=O)c2nnn3c2nc(Nc2cccc(C)c2C)c2ccccc23)cc1C. The quantitative estimate of drug-likeness (QED) is 0.404. The van der Waals surface area contributed by atoms with E-state index in [2.05, 4.69) is 15.6 Å². The number of rotatable bonds is 4. The van der Waals surface area contributed by atoms with E-state index in [-0.39, 0.29) is 15.6 Å². The highest BCUT2D eigenvalue weighted by Crippen LogP contribution is 2.31. The van der Waals surface area contributed by atoms with Gasteiger partial charge in [0.25, 0.3) is 0 Å². The van der Waals surface area contributed by atoms with Crippen molar-refractivity contribution >= 4 is 37.9 Å². The first kappa shape index (κ1) is 21.1. The van der Waals surface area contributed by atoms with Crippen LogP contribution in [0.2, 0.25) is 0 Å². The number of aryl methyl sites for hydroxylation is 3. The number of hydrogen-bond donors (Lipinski definition) is 1. The third kappa shape index (κ3) is 3.43. The van der Waals surface area contributed by atoms with Crippen molar-refractivity contribution in [3.05, 3.63) is 82.9 Å². The zero-order valence-corrected chi connectivity index (χ0v) is 19.6. The number of fused-ring (bicyclic) bond motifs is 3. The molecule has 0 fully saturated rings. The summed E-state index contributed by atoms with van der Waals surface area (Å²) >= 11 is 0. The zero-order valence-electron chi connectivity index (χ0n) is 18.8. The Balaban J connectivity index is 1.75. The van der Waals surface area contributed by atoms with E-state index < -0.39 is 9.84 Å². The molecule has 0 spiro atoms. The highest BCUT2D eigenvalue weighted by atomic mass is 32.2. The lowest BCUT2D eigenvalue weighted by molar-refractivity contribution is 0.592. The van der Waals surface area contributed by atoms with Crippen LogP contribution < -0.4 is 5.32 Å². The summed E-state index contributed by atoms with van der Waals surface area (Å²) in [5.74, 6) is 0.547. The fourth-order valence-corrected chi connectivity index (χ4v) is 5.14. The minimum Gasteiger partial charge on any atom is -0.339 e. The number of benzene rings is 3. The molecule has 0 atom stereocenters. The van der Waals surface area contributed by atoms with Crippen molar-refractivity contribution in [2.24, 2.45) is 0 Å². The molecule has 0 aliphatic carbocycles. The fraction of sp³-hybridized carbons (Fsp3) is 0.160. The molecule has 5 rings (SSSR count). The Bertz CT molecular complexity index is 1660. The summed E-state index contributed by atoms with van der Waals surface area (Å²) in [7, 11) is -3.92. The molecule has 0 aliphatic heterocycles. The molecule has 0 bridgehead atoms. The van der Waals surface area contributed by atoms with Crippen molar-refractivity contribution in [2.45, 2.75) is 37.6 Å². The summed E-state index contributed by atoms with van der Waals surface area (Å²) in [6, 6.07) is 18.6. The van der Waals surface area contributed by atoms with E-state index in [1.165, 1.54) is 4.52 Å². The van der Waals surface area contributed by atoms with Crippen molar-refractivity contribution in [1.82, 2.24) is 19.8 Å². The van der Waals surface area contributed by atoms with Crippen LogP contribution in [-0.4, -0.2) is 28.2 Å². The molecule has 0 amide bonds. The second-order valence-electron chi connectivity index (χ2n) is 8.23. The zero-order chi connectivity index (χ0) is 23.3. The summed E-state index contributed by atoms with van der Waals surface area (Å²) in [6.07, 6.45) is 0. The van der Waals surface area contributed by atoms with Crippen LogP contribution >= 0.6 is 0 Å². The average molecular weight is 458 g/mol. The van der Waals surface area contributed by atoms with Gasteiger partial charge in [0.2, 0.25) is 14.9 Å². The molecule has 166 valence electrons. The van der Waals surface area contributed by atoms with Crippen LogP contribution in [0, 0.1) is 27.7 Å². The predicted molar refractivity (Wildman–Crippen MR) is 129 cm³/mol. The van der Waals surface area contributed by atoms with Gasteiger partial charge in [0, 0.05) is 11.1 Å². The van der Waals surface area contributed by atoms with Crippen molar-refractivity contribution < 1.29 is 8.42 Å². The predicted octanol–water partition coefficient (Wildman–Crippen LogP) is 5.09. The minimum atomic E-state index is -3.92. The van der Waals surface area contributed by atoms with Gasteiger partial charge in [-0.05, 0) is 80.3 Å². The van der Waals surface area contributed by atoms with E-state index in [9.17, 15) is 8.42 Å². The van der Waals surface area contributed by atoms with Gasteiger partial charge in [0.1, 0.15) is 5.82 Å². The molecule has 8 heteroatoms. The minimum absolute atomic E-state index is 0.166. The number of aromatic nitrogens is 4. The van der Waals surface area contributed by atoms with E-state index in [1.54, 1.807) is 18.2 Å². The molecule has 0 radical (unpaired) electrons. The van der Waals surface area contributed by atoms with Crippen LogP contribution in [0.25, 0.3) is 16.6 Å². The summed E-state index contributed by atoms with van der Waals surface area (Å²) in [5, 5.41) is 12.3. The van der Waals surface area contributed by atoms with E-state index in [0.717, 1.165) is 33.3 Å². The largest absolute Gasteiger partial charge is 0.339 e. The van der Waals surface area contributed by atoms with Crippen LogP contribution in [0.1, 0.15) is 22.3 Å². The van der Waals surface area contributed by atoms with Crippen molar-refractivity contribution in [1.29, 1.82) is 0 Å². The van der Waals surface area contributed by atoms with Crippen LogP contribution in [0.3, 0.4) is 0 Å². The van der Waals surface area contributed by atoms with Gasteiger partial charge >= 0.3 is 0 Å². The molecular weight excluding hydrogens is 434 g/mol. The first-order valence-electron chi connectivity index (χ1n) is 10.6. The maximum atomic E-state index is 13.5. The molecule has 5 aromatic rings. The Morgan fingerprint density at radius 1 is 0.848 bits per heavy atom. The number of nitrogens with zero attached hydrogens (tertiary/aromatic N) is 4. The van der Waals surface area contributed by atoms with Gasteiger partial charge in [-0.1, -0.05) is 35.5 Å². The Kier molecular flexibility index (Phi) is 4.90. The van der Waals surface area contributed by atoms with Crippen molar-refractivity contribution in [3.63, 3.8) is 0 Å². The van der Waals surface area contributed by atoms with Crippen LogP contribution in [0.4, 0.5) is 11.5 Å². The fourth-order valence-electron chi connectivity index (χ4n) is 3.82. The number of nitrogens with one attached hydrogen (secondary N) is 1. The lowest BCUT2D eigenvalue weighted by Crippen LogP contribution is -2.06. The molecule has 2 aromatic heterocycles. The third-order valence-electron chi connectivity index (χ3n) is 6.12. The van der Waals surface area contributed by atoms with Gasteiger partial charge in [-0.15, -0.1) is 5.10 Å². The molecule has 2 heterocycles. The van der Waals surface area contributed by atoms with Gasteiger partial charge < -0.3 is 5.32 Å². The standard InChI is InChI=1S/C25H23N5O2S/c1-15-12-13-19(14-17(15)3)33(31,32)25-24-27-23(26-21-10-7-8-16(2)18(21)4)20-9-5-6-11-22(20)30(24)29-28-25/h5-14H,1-4H3,(H,26,27). The molecule has 7 nitrogen and oxygen atoms in total. The summed E-state index contributed by atoms with van der Waals surface area (Å²) in [6.45, 7) is 7.91. The Labute approximate surface area is 192 Å².